The number of nitrogens with two attached hydrogens (primary N) is 1. The van der Waals surface area contributed by atoms with Crippen molar-refractivity contribution >= 4 is 11.6 Å². The van der Waals surface area contributed by atoms with Crippen molar-refractivity contribution in [3.8, 4) is 17.0 Å². The number of pyridine rings is 2. The molecule has 1 aliphatic heterocycles. The molecular weight excluding hydrogens is 382 g/mol. The Balaban J connectivity index is 1.58. The minimum atomic E-state index is -0.117. The predicted molar refractivity (Wildman–Crippen MR) is 115 cm³/mol. The molecule has 2 aromatic heterocycles. The van der Waals surface area contributed by atoms with Crippen LogP contribution in [-0.4, -0.2) is 60.1 Å². The average Bonchev–Trinajstić information content (AvgIpc) is 3.55. The molecule has 2 aromatic rings. The minimum absolute atomic E-state index is 0.0328. The molecule has 8 heteroatoms. The van der Waals surface area contributed by atoms with Gasteiger partial charge in [-0.15, -0.1) is 0 Å². The normalized spacial score (nSPS) is 16.5. The van der Waals surface area contributed by atoms with Gasteiger partial charge in [-0.2, -0.15) is 0 Å². The van der Waals surface area contributed by atoms with Crippen molar-refractivity contribution in [3.05, 3.63) is 53.1 Å². The Bertz CT molecular complexity index is 992. The zero-order chi connectivity index (χ0) is 21.1. The van der Waals surface area contributed by atoms with Crippen molar-refractivity contribution in [2.75, 3.05) is 38.2 Å². The highest BCUT2D eigenvalue weighted by molar-refractivity contribution is 5.88. The summed E-state index contributed by atoms with van der Waals surface area (Å²) in [7, 11) is 1.58. The smallest absolute Gasteiger partial charge is 0.271 e. The summed E-state index contributed by atoms with van der Waals surface area (Å²) in [5.74, 6) is 1.10. The number of H-pyrrole nitrogens is 1. The van der Waals surface area contributed by atoms with Gasteiger partial charge in [-0.1, -0.05) is 6.08 Å². The number of amides is 1. The fourth-order valence-corrected chi connectivity index (χ4v) is 3.68. The van der Waals surface area contributed by atoms with E-state index in [1.165, 1.54) is 18.9 Å². The maximum absolute atomic E-state index is 12.7. The predicted octanol–water partition coefficient (Wildman–Crippen LogP) is 1.39. The maximum Gasteiger partial charge on any atom is 0.271 e. The van der Waals surface area contributed by atoms with Crippen LogP contribution in [0.5, 0.6) is 5.88 Å². The minimum Gasteiger partial charge on any atom is -0.481 e. The quantitative estimate of drug-likeness (QED) is 0.639. The highest BCUT2D eigenvalue weighted by Gasteiger charge is 2.37. The molecule has 0 radical (unpaired) electrons. The summed E-state index contributed by atoms with van der Waals surface area (Å²) < 4.78 is 5.22. The molecule has 2 fully saturated rings. The average molecular weight is 409 g/mol. The van der Waals surface area contributed by atoms with E-state index in [1.54, 1.807) is 30.5 Å². The Morgan fingerprint density at radius 2 is 2.17 bits per heavy atom. The lowest BCUT2D eigenvalue weighted by Gasteiger charge is -2.46. The SMILES string of the molecule is COc1cc(-c2c[nH]c(=O)c(N(CC3CC3)C3CN(C(=O)C=CCN)C3)c2)ccn1. The fourth-order valence-electron chi connectivity index (χ4n) is 3.68. The molecule has 8 nitrogen and oxygen atoms in total. The summed E-state index contributed by atoms with van der Waals surface area (Å²) in [4.78, 5) is 35.9. The van der Waals surface area contributed by atoms with Gasteiger partial charge in [-0.25, -0.2) is 4.98 Å². The van der Waals surface area contributed by atoms with Gasteiger partial charge in [0.15, 0.2) is 0 Å². The molecule has 3 heterocycles. The highest BCUT2D eigenvalue weighted by atomic mass is 16.5. The van der Waals surface area contributed by atoms with Gasteiger partial charge in [0, 0.05) is 56.3 Å². The number of likely N-dealkylation sites (tertiary alicyclic amines) is 1. The lowest BCUT2D eigenvalue weighted by molar-refractivity contribution is -0.130. The van der Waals surface area contributed by atoms with Gasteiger partial charge in [0.25, 0.3) is 5.56 Å². The van der Waals surface area contributed by atoms with E-state index in [0.29, 0.717) is 37.1 Å². The van der Waals surface area contributed by atoms with Gasteiger partial charge < -0.3 is 25.3 Å². The van der Waals surface area contributed by atoms with Crippen LogP contribution >= 0.6 is 0 Å². The second kappa shape index (κ2) is 8.71. The summed E-state index contributed by atoms with van der Waals surface area (Å²) in [5, 5.41) is 0. The summed E-state index contributed by atoms with van der Waals surface area (Å²) >= 11 is 0. The summed E-state index contributed by atoms with van der Waals surface area (Å²) in [6.45, 7) is 2.39. The van der Waals surface area contributed by atoms with Crippen LogP contribution in [0, 0.1) is 5.92 Å². The first-order valence-electron chi connectivity index (χ1n) is 10.2. The van der Waals surface area contributed by atoms with Crippen LogP contribution in [0.2, 0.25) is 0 Å². The number of hydrogen-bond donors (Lipinski definition) is 2. The molecule has 1 amide bonds. The van der Waals surface area contributed by atoms with Crippen molar-refractivity contribution in [1.82, 2.24) is 14.9 Å². The van der Waals surface area contributed by atoms with Gasteiger partial charge in [-0.05, 0) is 36.5 Å². The van der Waals surface area contributed by atoms with Crippen molar-refractivity contribution in [2.45, 2.75) is 18.9 Å². The molecule has 0 atom stereocenters. The molecule has 1 aliphatic carbocycles. The topological polar surface area (TPSA) is 105 Å². The van der Waals surface area contributed by atoms with E-state index in [-0.39, 0.29) is 17.5 Å². The Labute approximate surface area is 175 Å². The Kier molecular flexibility index (Phi) is 5.85. The lowest BCUT2D eigenvalue weighted by Crippen LogP contribution is -2.62. The monoisotopic (exact) mass is 409 g/mol. The van der Waals surface area contributed by atoms with Crippen LogP contribution in [0.25, 0.3) is 11.1 Å². The van der Waals surface area contributed by atoms with Gasteiger partial charge in [-0.3, -0.25) is 9.59 Å². The number of hydrogen-bond acceptors (Lipinski definition) is 6. The summed E-state index contributed by atoms with van der Waals surface area (Å²) in [6, 6.07) is 5.79. The van der Waals surface area contributed by atoms with Gasteiger partial charge >= 0.3 is 0 Å². The highest BCUT2D eigenvalue weighted by Crippen LogP contribution is 2.34. The third-order valence-corrected chi connectivity index (χ3v) is 5.63. The molecule has 4 rings (SSSR count). The number of nitrogens with one attached hydrogen (secondary N) is 1. The van der Waals surface area contributed by atoms with Crippen molar-refractivity contribution in [3.63, 3.8) is 0 Å². The van der Waals surface area contributed by atoms with Gasteiger partial charge in [0.05, 0.1) is 13.2 Å². The molecule has 0 aromatic carbocycles. The largest absolute Gasteiger partial charge is 0.481 e. The van der Waals surface area contributed by atoms with E-state index in [1.807, 2.05) is 18.2 Å². The Hall–Kier alpha value is -3.13. The van der Waals surface area contributed by atoms with E-state index >= 15 is 0 Å². The Morgan fingerprint density at radius 1 is 1.37 bits per heavy atom. The standard InChI is InChI=1S/C22H27N5O3/c1-30-20-10-16(6-8-24-20)17-9-19(22(29)25-11-17)27(12-15-4-5-15)18-13-26(14-18)21(28)3-2-7-23/h2-3,6,8-11,15,18H,4-5,7,12-14,23H2,1H3,(H,25,29). The van der Waals surface area contributed by atoms with Crippen LogP contribution in [0.4, 0.5) is 5.69 Å². The van der Waals surface area contributed by atoms with Crippen molar-refractivity contribution in [2.24, 2.45) is 11.7 Å². The molecule has 0 spiro atoms. The number of carbonyl (C=O) groups excluding carboxylic acids is 1. The number of ether oxygens (including phenoxy) is 1. The molecule has 3 N–H and O–H groups in total. The number of carbonyl (C=O) groups is 1. The fraction of sp³-hybridized carbons (Fsp3) is 0.409. The lowest BCUT2D eigenvalue weighted by atomic mass is 10.0. The molecule has 1 saturated heterocycles. The number of aromatic nitrogens is 2. The van der Waals surface area contributed by atoms with Crippen LogP contribution in [0.3, 0.4) is 0 Å². The molecule has 158 valence electrons. The van der Waals surface area contributed by atoms with E-state index in [9.17, 15) is 9.59 Å². The number of nitrogens with zero attached hydrogens (tertiary/aromatic N) is 3. The number of anilines is 1. The van der Waals surface area contributed by atoms with E-state index in [2.05, 4.69) is 14.9 Å². The first-order chi connectivity index (χ1) is 14.6. The Morgan fingerprint density at radius 3 is 2.87 bits per heavy atom. The van der Waals surface area contributed by atoms with E-state index < -0.39 is 0 Å². The first-order valence-corrected chi connectivity index (χ1v) is 10.2. The van der Waals surface area contributed by atoms with Crippen LogP contribution < -0.4 is 20.9 Å². The second-order valence-corrected chi connectivity index (χ2v) is 7.82. The third-order valence-electron chi connectivity index (χ3n) is 5.63. The molecule has 1 saturated carbocycles. The third kappa shape index (κ3) is 4.38. The van der Waals surface area contributed by atoms with Crippen molar-refractivity contribution in [1.29, 1.82) is 0 Å². The van der Waals surface area contributed by atoms with Gasteiger partial charge in [0.2, 0.25) is 11.8 Å². The zero-order valence-electron chi connectivity index (χ0n) is 17.1. The van der Waals surface area contributed by atoms with Gasteiger partial charge in [0.1, 0.15) is 5.69 Å². The first kappa shape index (κ1) is 20.2. The molecule has 0 unspecified atom stereocenters. The molecule has 30 heavy (non-hydrogen) atoms. The molecule has 0 bridgehead atoms. The number of aromatic amines is 1. The second-order valence-electron chi connectivity index (χ2n) is 7.82. The molecular formula is C22H27N5O3. The van der Waals surface area contributed by atoms with E-state index in [4.69, 9.17) is 10.5 Å². The molecule has 2 aliphatic rings. The van der Waals surface area contributed by atoms with Crippen LogP contribution in [-0.2, 0) is 4.79 Å². The summed E-state index contributed by atoms with van der Waals surface area (Å²) in [5.41, 5.74) is 7.77. The van der Waals surface area contributed by atoms with Crippen LogP contribution in [0.1, 0.15) is 12.8 Å². The number of methoxy groups -OCH3 is 1. The zero-order valence-corrected chi connectivity index (χ0v) is 17.1. The summed E-state index contributed by atoms with van der Waals surface area (Å²) in [6.07, 6.45) is 8.95. The van der Waals surface area contributed by atoms with E-state index in [0.717, 1.165) is 17.7 Å². The maximum atomic E-state index is 12.7. The number of rotatable bonds is 8. The van der Waals surface area contributed by atoms with Crippen molar-refractivity contribution < 1.29 is 9.53 Å². The van der Waals surface area contributed by atoms with Crippen LogP contribution in [0.15, 0.2) is 47.5 Å².